The number of hydrogen-bond acceptors (Lipinski definition) is 4. The maximum Gasteiger partial charge on any atom is 0.261 e. The molecule has 0 radical (unpaired) electrons. The average Bonchev–Trinajstić information content (AvgIpc) is 3.38. The third kappa shape index (κ3) is 3.84. The molecule has 1 aliphatic carbocycles. The van der Waals surface area contributed by atoms with E-state index in [-0.39, 0.29) is 16.9 Å². The van der Waals surface area contributed by atoms with Crippen LogP contribution in [-0.4, -0.2) is 15.5 Å². The Bertz CT molecular complexity index is 1540. The Labute approximate surface area is 205 Å². The van der Waals surface area contributed by atoms with E-state index in [1.807, 2.05) is 60.7 Å². The molecule has 4 aromatic carbocycles. The number of rotatable bonds is 5. The van der Waals surface area contributed by atoms with E-state index in [1.165, 1.54) is 5.56 Å². The van der Waals surface area contributed by atoms with Gasteiger partial charge >= 0.3 is 0 Å². The van der Waals surface area contributed by atoms with Gasteiger partial charge in [-0.15, -0.1) is 0 Å². The van der Waals surface area contributed by atoms with E-state index >= 15 is 0 Å². The lowest BCUT2D eigenvalue weighted by atomic mass is 9.77. The highest BCUT2D eigenvalue weighted by atomic mass is 32.2. The Balaban J connectivity index is 1.34. The van der Waals surface area contributed by atoms with Crippen molar-refractivity contribution < 1.29 is 13.2 Å². The van der Waals surface area contributed by atoms with Crippen molar-refractivity contribution in [3.05, 3.63) is 108 Å². The number of methoxy groups -OCH3 is 1. The van der Waals surface area contributed by atoms with Crippen LogP contribution in [0.5, 0.6) is 5.75 Å². The zero-order chi connectivity index (χ0) is 24.0. The monoisotopic (exact) mass is 482 g/mol. The van der Waals surface area contributed by atoms with Gasteiger partial charge in [-0.3, -0.25) is 4.72 Å². The molecule has 6 rings (SSSR count). The largest absolute Gasteiger partial charge is 0.497 e. The first-order valence-corrected chi connectivity index (χ1v) is 13.2. The van der Waals surface area contributed by atoms with E-state index in [2.05, 4.69) is 34.3 Å². The number of fused-ring (bicyclic) bond motifs is 4. The van der Waals surface area contributed by atoms with Crippen LogP contribution in [-0.2, 0) is 10.0 Å². The van der Waals surface area contributed by atoms with Gasteiger partial charge in [-0.05, 0) is 65.3 Å². The second-order valence-corrected chi connectivity index (χ2v) is 10.8. The summed E-state index contributed by atoms with van der Waals surface area (Å²) in [6.07, 6.45) is 5.37. The number of benzene rings is 4. The molecule has 0 saturated heterocycles. The van der Waals surface area contributed by atoms with Crippen molar-refractivity contribution in [2.24, 2.45) is 5.92 Å². The van der Waals surface area contributed by atoms with Crippen molar-refractivity contribution in [3.63, 3.8) is 0 Å². The van der Waals surface area contributed by atoms with E-state index in [9.17, 15) is 8.42 Å². The van der Waals surface area contributed by atoms with Gasteiger partial charge in [0.15, 0.2) is 0 Å². The van der Waals surface area contributed by atoms with Crippen LogP contribution in [0.4, 0.5) is 11.4 Å². The predicted molar refractivity (Wildman–Crippen MR) is 141 cm³/mol. The molecule has 0 saturated carbocycles. The molecule has 1 heterocycles. The Morgan fingerprint density at radius 3 is 2.57 bits per heavy atom. The van der Waals surface area contributed by atoms with E-state index in [0.717, 1.165) is 34.2 Å². The standard InChI is InChI=1S/C29H26N2O3S/c1-34-21-14-12-20(13-15-21)29-25-10-5-9-24(25)26-18-22(16-17-27(26)30-29)35(32,33)31-28-11-4-7-19-6-2-3-8-23(19)28/h2-9,11-18,24-25,29-31H,10H2,1H3/t24-,25+,29+/m0/s1. The van der Waals surface area contributed by atoms with Crippen molar-refractivity contribution in [2.45, 2.75) is 23.3 Å². The fourth-order valence-corrected chi connectivity index (χ4v) is 6.51. The topological polar surface area (TPSA) is 67.4 Å². The zero-order valence-electron chi connectivity index (χ0n) is 19.3. The first kappa shape index (κ1) is 21.7. The second-order valence-electron chi connectivity index (χ2n) is 9.13. The lowest BCUT2D eigenvalue weighted by Crippen LogP contribution is -2.29. The summed E-state index contributed by atoms with van der Waals surface area (Å²) in [7, 11) is -2.09. The minimum absolute atomic E-state index is 0.143. The Morgan fingerprint density at radius 2 is 1.74 bits per heavy atom. The minimum Gasteiger partial charge on any atom is -0.497 e. The number of nitrogens with one attached hydrogen (secondary N) is 2. The number of sulfonamides is 1. The predicted octanol–water partition coefficient (Wildman–Crippen LogP) is 6.48. The van der Waals surface area contributed by atoms with Crippen LogP contribution in [0.3, 0.4) is 0 Å². The number of anilines is 2. The highest BCUT2D eigenvalue weighted by Crippen LogP contribution is 2.50. The SMILES string of the molecule is COc1ccc([C@H]2Nc3ccc(S(=O)(=O)Nc4cccc5ccccc45)cc3[C@H]3C=CC[C@H]32)cc1. The molecule has 0 spiro atoms. The summed E-state index contributed by atoms with van der Waals surface area (Å²) in [5.41, 5.74) is 3.78. The molecule has 2 aliphatic rings. The summed E-state index contributed by atoms with van der Waals surface area (Å²) >= 11 is 0. The highest BCUT2D eigenvalue weighted by Gasteiger charge is 2.38. The van der Waals surface area contributed by atoms with Gasteiger partial charge in [0.05, 0.1) is 23.7 Å². The van der Waals surface area contributed by atoms with E-state index in [4.69, 9.17) is 4.74 Å². The van der Waals surface area contributed by atoms with Crippen LogP contribution in [0.2, 0.25) is 0 Å². The summed E-state index contributed by atoms with van der Waals surface area (Å²) in [6, 6.07) is 27.1. The molecule has 0 fully saturated rings. The van der Waals surface area contributed by atoms with Crippen molar-refractivity contribution in [3.8, 4) is 5.75 Å². The van der Waals surface area contributed by atoms with Crippen molar-refractivity contribution in [2.75, 3.05) is 17.1 Å². The van der Waals surface area contributed by atoms with Gasteiger partial charge in [0, 0.05) is 17.0 Å². The first-order chi connectivity index (χ1) is 17.0. The summed E-state index contributed by atoms with van der Waals surface area (Å²) in [6.45, 7) is 0. The average molecular weight is 483 g/mol. The fraction of sp³-hybridized carbons (Fsp3) is 0.172. The molecule has 1 aliphatic heterocycles. The van der Waals surface area contributed by atoms with Crippen molar-refractivity contribution >= 4 is 32.2 Å². The normalized spacial score (nSPS) is 20.7. The van der Waals surface area contributed by atoms with E-state index in [0.29, 0.717) is 11.6 Å². The van der Waals surface area contributed by atoms with Gasteiger partial charge in [0.2, 0.25) is 0 Å². The van der Waals surface area contributed by atoms with Crippen LogP contribution in [0.25, 0.3) is 10.8 Å². The molecule has 0 aromatic heterocycles. The molecule has 3 atom stereocenters. The Kier molecular flexibility index (Phi) is 5.26. The first-order valence-electron chi connectivity index (χ1n) is 11.8. The maximum atomic E-state index is 13.4. The van der Waals surface area contributed by atoms with E-state index < -0.39 is 10.0 Å². The summed E-state index contributed by atoms with van der Waals surface area (Å²) in [5, 5.41) is 5.54. The quantitative estimate of drug-likeness (QED) is 0.320. The molecule has 0 bridgehead atoms. The number of hydrogen-bond donors (Lipinski definition) is 2. The molecule has 6 heteroatoms. The molecule has 4 aromatic rings. The Morgan fingerprint density at radius 1 is 0.943 bits per heavy atom. The summed E-state index contributed by atoms with van der Waals surface area (Å²) in [4.78, 5) is 0.271. The smallest absolute Gasteiger partial charge is 0.261 e. The molecule has 176 valence electrons. The van der Waals surface area contributed by atoms with Crippen molar-refractivity contribution in [1.29, 1.82) is 0 Å². The molecule has 0 unspecified atom stereocenters. The number of ether oxygens (including phenoxy) is 1. The lowest BCUT2D eigenvalue weighted by molar-refractivity contribution is 0.411. The van der Waals surface area contributed by atoms with Gasteiger partial charge in [-0.25, -0.2) is 8.42 Å². The second kappa shape index (κ2) is 8.47. The third-order valence-electron chi connectivity index (χ3n) is 7.15. The molecular weight excluding hydrogens is 456 g/mol. The minimum atomic E-state index is -3.76. The third-order valence-corrected chi connectivity index (χ3v) is 8.52. The lowest BCUT2D eigenvalue weighted by Gasteiger charge is -2.37. The molecule has 0 amide bonds. The van der Waals surface area contributed by atoms with E-state index in [1.54, 1.807) is 19.2 Å². The number of allylic oxidation sites excluding steroid dienone is 2. The molecule has 35 heavy (non-hydrogen) atoms. The maximum absolute atomic E-state index is 13.4. The van der Waals surface area contributed by atoms with Crippen LogP contribution in [0, 0.1) is 5.92 Å². The van der Waals surface area contributed by atoms with Crippen LogP contribution in [0.15, 0.2) is 102 Å². The van der Waals surface area contributed by atoms with Gasteiger partial charge < -0.3 is 10.1 Å². The highest BCUT2D eigenvalue weighted by molar-refractivity contribution is 7.92. The van der Waals surface area contributed by atoms with Gasteiger partial charge in [0.1, 0.15) is 5.75 Å². The van der Waals surface area contributed by atoms with Gasteiger partial charge in [-0.1, -0.05) is 60.7 Å². The van der Waals surface area contributed by atoms with Crippen molar-refractivity contribution in [1.82, 2.24) is 0 Å². The Hall–Kier alpha value is -3.77. The van der Waals surface area contributed by atoms with Crippen LogP contribution in [0.1, 0.15) is 29.5 Å². The molecule has 2 N–H and O–H groups in total. The molecule has 5 nitrogen and oxygen atoms in total. The summed E-state index contributed by atoms with van der Waals surface area (Å²) in [5.74, 6) is 1.31. The molecular formula is C29H26N2O3S. The van der Waals surface area contributed by atoms with Gasteiger partial charge in [-0.2, -0.15) is 0 Å². The van der Waals surface area contributed by atoms with Gasteiger partial charge in [0.25, 0.3) is 10.0 Å². The summed E-state index contributed by atoms with van der Waals surface area (Å²) < 4.78 is 34.9. The zero-order valence-corrected chi connectivity index (χ0v) is 20.1. The fourth-order valence-electron chi connectivity index (χ4n) is 5.40. The van der Waals surface area contributed by atoms with Crippen LogP contribution < -0.4 is 14.8 Å². The van der Waals surface area contributed by atoms with Crippen LogP contribution >= 0.6 is 0 Å².